The zero-order chi connectivity index (χ0) is 28.7. The molecular weight excluding hydrogens is 590 g/mol. The minimum absolute atomic E-state index is 0.0790. The van der Waals surface area contributed by atoms with Crippen LogP contribution in [0.1, 0.15) is 42.4 Å². The fraction of sp³-hybridized carbons (Fsp3) is 0.355. The van der Waals surface area contributed by atoms with Crippen LogP contribution in [0.2, 0.25) is 0 Å². The number of hydrogen-bond acceptors (Lipinski definition) is 4. The first kappa shape index (κ1) is 29.8. The molecule has 1 fully saturated rings. The maximum atomic E-state index is 14.2. The summed E-state index contributed by atoms with van der Waals surface area (Å²) < 4.78 is 27.6. The smallest absolute Gasteiger partial charge is 0.244 e. The fourth-order valence-corrected chi connectivity index (χ4v) is 6.37. The van der Waals surface area contributed by atoms with Gasteiger partial charge in [-0.1, -0.05) is 89.4 Å². The van der Waals surface area contributed by atoms with Crippen molar-refractivity contribution >= 4 is 43.5 Å². The lowest BCUT2D eigenvalue weighted by Crippen LogP contribution is -2.54. The molecule has 0 bridgehead atoms. The molecule has 0 unspecified atom stereocenters. The van der Waals surface area contributed by atoms with Gasteiger partial charge in [0.05, 0.1) is 11.9 Å². The van der Waals surface area contributed by atoms with Crippen LogP contribution in [-0.2, 0) is 32.6 Å². The van der Waals surface area contributed by atoms with Crippen molar-refractivity contribution < 1.29 is 18.0 Å². The van der Waals surface area contributed by atoms with E-state index in [-0.39, 0.29) is 18.5 Å². The van der Waals surface area contributed by atoms with Gasteiger partial charge in [-0.15, -0.1) is 0 Å². The van der Waals surface area contributed by atoms with Gasteiger partial charge in [0.15, 0.2) is 0 Å². The van der Waals surface area contributed by atoms with E-state index in [2.05, 4.69) is 21.2 Å². The molecule has 7 nitrogen and oxygen atoms in total. The Morgan fingerprint density at radius 1 is 0.975 bits per heavy atom. The Morgan fingerprint density at radius 3 is 2.30 bits per heavy atom. The molecule has 0 spiro atoms. The molecule has 0 saturated heterocycles. The fourth-order valence-electron chi connectivity index (χ4n) is 5.14. The molecule has 0 radical (unpaired) electrons. The van der Waals surface area contributed by atoms with Crippen LogP contribution in [0.4, 0.5) is 5.69 Å². The summed E-state index contributed by atoms with van der Waals surface area (Å²) in [4.78, 5) is 29.6. The quantitative estimate of drug-likeness (QED) is 0.316. The number of aryl methyl sites for hydroxylation is 1. The van der Waals surface area contributed by atoms with Crippen LogP contribution in [0.25, 0.3) is 0 Å². The van der Waals surface area contributed by atoms with Crippen LogP contribution < -0.4 is 9.62 Å². The SMILES string of the molecule is Cc1ccccc1CN(C(=O)CN(c1cccc(Br)c1)S(C)(=O)=O)[C@@H](Cc1ccccc1)C(=O)NC1CCCC1. The van der Waals surface area contributed by atoms with E-state index in [9.17, 15) is 18.0 Å². The van der Waals surface area contributed by atoms with Gasteiger partial charge in [0, 0.05) is 23.5 Å². The van der Waals surface area contributed by atoms with E-state index in [0.717, 1.165) is 52.9 Å². The van der Waals surface area contributed by atoms with Gasteiger partial charge in [-0.05, 0) is 54.7 Å². The van der Waals surface area contributed by atoms with Crippen LogP contribution in [0.5, 0.6) is 0 Å². The number of amides is 2. The lowest BCUT2D eigenvalue weighted by Gasteiger charge is -2.34. The molecule has 0 heterocycles. The summed E-state index contributed by atoms with van der Waals surface area (Å²) in [5.74, 6) is -0.665. The maximum Gasteiger partial charge on any atom is 0.244 e. The predicted octanol–water partition coefficient (Wildman–Crippen LogP) is 5.22. The van der Waals surface area contributed by atoms with Crippen molar-refractivity contribution in [3.8, 4) is 0 Å². The molecule has 1 aliphatic carbocycles. The number of benzene rings is 3. The molecule has 212 valence electrons. The highest BCUT2D eigenvalue weighted by atomic mass is 79.9. The molecule has 0 aliphatic heterocycles. The number of anilines is 1. The van der Waals surface area contributed by atoms with E-state index >= 15 is 0 Å². The van der Waals surface area contributed by atoms with E-state index in [4.69, 9.17) is 0 Å². The van der Waals surface area contributed by atoms with Gasteiger partial charge < -0.3 is 10.2 Å². The molecule has 3 aromatic carbocycles. The van der Waals surface area contributed by atoms with Gasteiger partial charge in [-0.2, -0.15) is 0 Å². The van der Waals surface area contributed by atoms with E-state index in [1.165, 1.54) is 0 Å². The van der Waals surface area contributed by atoms with Gasteiger partial charge >= 0.3 is 0 Å². The number of sulfonamides is 1. The second kappa shape index (κ2) is 13.5. The summed E-state index contributed by atoms with van der Waals surface area (Å²) in [6.45, 7) is 1.72. The van der Waals surface area contributed by atoms with Gasteiger partial charge in [0.2, 0.25) is 21.8 Å². The van der Waals surface area contributed by atoms with Crippen molar-refractivity contribution in [2.75, 3.05) is 17.1 Å². The summed E-state index contributed by atoms with van der Waals surface area (Å²) in [7, 11) is -3.80. The Labute approximate surface area is 245 Å². The minimum Gasteiger partial charge on any atom is -0.352 e. The van der Waals surface area contributed by atoms with Crippen molar-refractivity contribution in [1.29, 1.82) is 0 Å². The van der Waals surface area contributed by atoms with E-state index in [0.29, 0.717) is 16.6 Å². The van der Waals surface area contributed by atoms with Crippen LogP contribution >= 0.6 is 15.9 Å². The molecule has 4 rings (SSSR count). The molecule has 0 aromatic heterocycles. The van der Waals surface area contributed by atoms with Crippen LogP contribution in [0.15, 0.2) is 83.3 Å². The van der Waals surface area contributed by atoms with E-state index in [1.54, 1.807) is 29.2 Å². The predicted molar refractivity (Wildman–Crippen MR) is 162 cm³/mol. The molecular formula is C31H36BrN3O4S. The first-order valence-corrected chi connectivity index (χ1v) is 16.2. The number of rotatable bonds is 11. The number of hydrogen-bond donors (Lipinski definition) is 1. The number of carbonyl (C=O) groups excluding carboxylic acids is 2. The summed E-state index contributed by atoms with van der Waals surface area (Å²) in [6, 6.07) is 23.4. The summed E-state index contributed by atoms with van der Waals surface area (Å²) in [5, 5.41) is 3.19. The molecule has 1 saturated carbocycles. The highest BCUT2D eigenvalue weighted by molar-refractivity contribution is 9.10. The van der Waals surface area contributed by atoms with Crippen LogP contribution in [0.3, 0.4) is 0 Å². The maximum absolute atomic E-state index is 14.2. The van der Waals surface area contributed by atoms with Crippen LogP contribution in [0, 0.1) is 6.92 Å². The topological polar surface area (TPSA) is 86.8 Å². The molecule has 1 atom stereocenters. The lowest BCUT2D eigenvalue weighted by molar-refractivity contribution is -0.140. The second-order valence-corrected chi connectivity index (χ2v) is 13.2. The minimum atomic E-state index is -3.80. The molecule has 40 heavy (non-hydrogen) atoms. The molecule has 3 aromatic rings. The number of nitrogens with one attached hydrogen (secondary N) is 1. The monoisotopic (exact) mass is 625 g/mol. The van der Waals surface area contributed by atoms with Gasteiger partial charge in [0.1, 0.15) is 12.6 Å². The van der Waals surface area contributed by atoms with Crippen molar-refractivity contribution in [3.63, 3.8) is 0 Å². The van der Waals surface area contributed by atoms with Gasteiger partial charge in [-0.25, -0.2) is 8.42 Å². The highest BCUT2D eigenvalue weighted by Crippen LogP contribution is 2.24. The van der Waals surface area contributed by atoms with Crippen molar-refractivity contribution in [3.05, 3.63) is 100 Å². The molecule has 9 heteroatoms. The number of nitrogens with zero attached hydrogens (tertiary/aromatic N) is 2. The second-order valence-electron chi connectivity index (χ2n) is 10.4. The van der Waals surface area contributed by atoms with E-state index < -0.39 is 28.5 Å². The Balaban J connectivity index is 1.73. The first-order chi connectivity index (χ1) is 19.1. The van der Waals surface area contributed by atoms with Gasteiger partial charge in [0.25, 0.3) is 0 Å². The molecule has 2 amide bonds. The average Bonchev–Trinajstić information content (AvgIpc) is 3.43. The van der Waals surface area contributed by atoms with Crippen molar-refractivity contribution in [2.45, 2.75) is 57.7 Å². The Bertz CT molecular complexity index is 1430. The third kappa shape index (κ3) is 7.95. The number of carbonyl (C=O) groups is 2. The Hall–Kier alpha value is -3.17. The normalized spacial score (nSPS) is 14.5. The Kier molecular flexibility index (Phi) is 10.0. The van der Waals surface area contributed by atoms with Crippen LogP contribution in [-0.4, -0.2) is 50.0 Å². The third-order valence-electron chi connectivity index (χ3n) is 7.35. The molecule has 1 N–H and O–H groups in total. The third-order valence-corrected chi connectivity index (χ3v) is 8.98. The van der Waals surface area contributed by atoms with E-state index in [1.807, 2.05) is 61.5 Å². The lowest BCUT2D eigenvalue weighted by atomic mass is 10.0. The highest BCUT2D eigenvalue weighted by Gasteiger charge is 2.34. The zero-order valence-electron chi connectivity index (χ0n) is 22.9. The van der Waals surface area contributed by atoms with Crippen molar-refractivity contribution in [2.24, 2.45) is 0 Å². The van der Waals surface area contributed by atoms with Gasteiger partial charge in [-0.3, -0.25) is 13.9 Å². The molecule has 1 aliphatic rings. The largest absolute Gasteiger partial charge is 0.352 e. The summed E-state index contributed by atoms with van der Waals surface area (Å²) in [6.07, 6.45) is 5.36. The summed E-state index contributed by atoms with van der Waals surface area (Å²) in [5.41, 5.74) is 3.18. The zero-order valence-corrected chi connectivity index (χ0v) is 25.3. The average molecular weight is 627 g/mol. The first-order valence-electron chi connectivity index (χ1n) is 13.5. The van der Waals surface area contributed by atoms with Crippen molar-refractivity contribution in [1.82, 2.24) is 10.2 Å². The Morgan fingerprint density at radius 2 is 1.65 bits per heavy atom. The number of halogens is 1. The summed E-state index contributed by atoms with van der Waals surface area (Å²) >= 11 is 3.40. The standard InChI is InChI=1S/C31H36BrN3O4S/c1-23-11-6-7-14-25(23)21-34(30(36)22-35(40(2,38)39)28-18-10-15-26(32)20-28)29(19-24-12-4-3-5-13-24)31(37)33-27-16-8-9-17-27/h3-7,10-15,18,20,27,29H,8-9,16-17,19,21-22H2,1-2H3,(H,33,37)/t29-/m0/s1.